The molecule has 0 unspecified atom stereocenters. The first-order valence-corrected chi connectivity index (χ1v) is 19.2. The van der Waals surface area contributed by atoms with Crippen molar-refractivity contribution in [3.05, 3.63) is 11.6 Å². The molecule has 4 saturated carbocycles. The van der Waals surface area contributed by atoms with Gasteiger partial charge in [-0.05, 0) is 80.6 Å². The second-order valence-corrected chi connectivity index (χ2v) is 17.1. The van der Waals surface area contributed by atoms with Crippen molar-refractivity contribution < 1.29 is 68.3 Å². The summed E-state index contributed by atoms with van der Waals surface area (Å²) >= 11 is 0. The molecule has 3 aliphatic heterocycles. The fourth-order valence-electron chi connectivity index (χ4n) is 11.9. The topological polar surface area (TPSA) is 200 Å². The van der Waals surface area contributed by atoms with Crippen LogP contribution in [0.3, 0.4) is 0 Å². The van der Waals surface area contributed by atoms with E-state index in [1.807, 2.05) is 6.92 Å². The average molecular weight is 739 g/mol. The largest absolute Gasteiger partial charge is 0.462 e. The number of ether oxygens (including phenoxy) is 7. The second-order valence-electron chi connectivity index (χ2n) is 17.1. The van der Waals surface area contributed by atoms with Crippen LogP contribution in [0.5, 0.6) is 0 Å². The van der Waals surface area contributed by atoms with Gasteiger partial charge in [-0.15, -0.1) is 0 Å². The number of hydrogen-bond donors (Lipinski definition) is 5. The average Bonchev–Trinajstić information content (AvgIpc) is 3.61. The summed E-state index contributed by atoms with van der Waals surface area (Å²) in [6.45, 7) is 7.35. The normalized spacial score (nSPS) is 51.8. The van der Waals surface area contributed by atoms with Crippen LogP contribution >= 0.6 is 0 Å². The predicted octanol–water partition coefficient (Wildman–Crippen LogP) is 1.51. The third kappa shape index (κ3) is 6.36. The molecule has 52 heavy (non-hydrogen) atoms. The lowest BCUT2D eigenvalue weighted by atomic mass is 9.43. The van der Waals surface area contributed by atoms with E-state index in [9.17, 15) is 35.1 Å². The molecule has 0 aromatic heterocycles. The molecule has 14 heteroatoms. The Morgan fingerprint density at radius 1 is 0.962 bits per heavy atom. The zero-order valence-corrected chi connectivity index (χ0v) is 30.9. The Morgan fingerprint density at radius 2 is 1.73 bits per heavy atom. The highest BCUT2D eigenvalue weighted by Crippen LogP contribution is 2.70. The predicted molar refractivity (Wildman–Crippen MR) is 180 cm³/mol. The van der Waals surface area contributed by atoms with Crippen LogP contribution in [0.25, 0.3) is 0 Å². The molecule has 0 amide bonds. The van der Waals surface area contributed by atoms with Crippen molar-refractivity contribution >= 4 is 11.9 Å². The molecular formula is C38H58O14. The van der Waals surface area contributed by atoms with Crippen LogP contribution in [0.2, 0.25) is 0 Å². The highest BCUT2D eigenvalue weighted by Gasteiger charge is 2.71. The van der Waals surface area contributed by atoms with Gasteiger partial charge in [0.15, 0.2) is 12.6 Å². The molecule has 0 aromatic carbocycles. The van der Waals surface area contributed by atoms with Crippen molar-refractivity contribution in [1.82, 2.24) is 0 Å². The summed E-state index contributed by atoms with van der Waals surface area (Å²) in [6, 6.07) is 0. The van der Waals surface area contributed by atoms with E-state index in [1.54, 1.807) is 7.11 Å². The minimum atomic E-state index is -1.55. The number of hydrogen-bond acceptors (Lipinski definition) is 14. The van der Waals surface area contributed by atoms with E-state index in [0.717, 1.165) is 50.5 Å². The summed E-state index contributed by atoms with van der Waals surface area (Å²) in [5.41, 5.74) is -0.799. The molecule has 18 atom stereocenters. The Balaban J connectivity index is 0.999. The number of fused-ring (bicyclic) bond motifs is 5. The van der Waals surface area contributed by atoms with E-state index in [2.05, 4.69) is 13.8 Å². The molecule has 2 saturated heterocycles. The molecular weight excluding hydrogens is 680 g/mol. The SMILES string of the molecule is CO[C@@H]1C[C@H](O[C@H]2CC[C@@]3(C)[C@@H](CC[C@@H]4[C@@H]3CC[C@]3(C)[C@@H](C5=CC(=O)OC5)[C@@H](OC(C)=O)C[C@]43O)C2)O[C@H](C)[C@@H]1O[C@@H]1O[C@H](CO)[C@@H](O)[C@H](O)[C@H]1O. The van der Waals surface area contributed by atoms with Crippen LogP contribution in [0.15, 0.2) is 11.6 Å². The standard InChI is InChI=1S/C38H58O14/c1-18-34(52-35-33(44)32(43)31(42)27(16-39)51-35)25(46-5)14-29(48-18)50-22-8-10-36(3)21(13-22)6-7-24-23(36)9-11-37(4)30(20-12-28(41)47-17-20)26(49-19(2)40)15-38(24,37)45/h12,18,21-27,29-35,39,42-45H,6-11,13-17H2,1-5H3/t18-,21+,22+,23+,24-,25-,26+,27-,29+,30+,31-,32+,33-,34+,35+,36+,37-,38+/m1/s1. The molecule has 5 N–H and O–H groups in total. The molecule has 0 radical (unpaired) electrons. The lowest BCUT2D eigenvalue weighted by Gasteiger charge is -2.63. The van der Waals surface area contributed by atoms with Crippen LogP contribution < -0.4 is 0 Å². The third-order valence-electron chi connectivity index (χ3n) is 14.6. The van der Waals surface area contributed by atoms with Gasteiger partial charge in [0.2, 0.25) is 0 Å². The summed E-state index contributed by atoms with van der Waals surface area (Å²) < 4.78 is 41.6. The van der Waals surface area contributed by atoms with Gasteiger partial charge in [-0.3, -0.25) is 4.79 Å². The van der Waals surface area contributed by atoms with E-state index >= 15 is 0 Å². The summed E-state index contributed by atoms with van der Waals surface area (Å²) in [7, 11) is 1.57. The van der Waals surface area contributed by atoms with Crippen molar-refractivity contribution in [3.8, 4) is 0 Å². The second kappa shape index (κ2) is 14.4. The van der Waals surface area contributed by atoms with E-state index < -0.39 is 79.0 Å². The maximum atomic E-state index is 12.8. The molecule has 14 nitrogen and oxygen atoms in total. The number of carbonyl (C=O) groups is 2. The van der Waals surface area contributed by atoms with Gasteiger partial charge in [0, 0.05) is 44.3 Å². The summed E-state index contributed by atoms with van der Waals surface area (Å²) in [6.07, 6.45) is -1.29. The quantitative estimate of drug-likeness (QED) is 0.177. The first-order chi connectivity index (χ1) is 24.6. The zero-order chi connectivity index (χ0) is 37.3. The maximum Gasteiger partial charge on any atom is 0.331 e. The highest BCUT2D eigenvalue weighted by molar-refractivity contribution is 5.85. The number of aliphatic hydroxyl groups is 5. The Kier molecular flexibility index (Phi) is 10.7. The van der Waals surface area contributed by atoms with Gasteiger partial charge < -0.3 is 58.7 Å². The van der Waals surface area contributed by atoms with Gasteiger partial charge in [0.05, 0.1) is 30.5 Å². The lowest BCUT2D eigenvalue weighted by Crippen LogP contribution is -2.62. The van der Waals surface area contributed by atoms with E-state index in [4.69, 9.17) is 33.2 Å². The Hall–Kier alpha value is -1.72. The molecule has 6 fully saturated rings. The van der Waals surface area contributed by atoms with Crippen LogP contribution in [0.1, 0.15) is 85.5 Å². The van der Waals surface area contributed by atoms with E-state index in [-0.39, 0.29) is 41.9 Å². The molecule has 3 heterocycles. The van der Waals surface area contributed by atoms with Crippen molar-refractivity contribution in [2.24, 2.45) is 34.5 Å². The Bertz CT molecular complexity index is 1370. The Morgan fingerprint density at radius 3 is 2.40 bits per heavy atom. The van der Waals surface area contributed by atoms with Crippen LogP contribution in [-0.4, -0.2) is 131 Å². The number of aliphatic hydroxyl groups excluding tert-OH is 4. The highest BCUT2D eigenvalue weighted by atomic mass is 16.7. The van der Waals surface area contributed by atoms with Crippen LogP contribution in [0, 0.1) is 34.5 Å². The molecule has 0 spiro atoms. The fraction of sp³-hybridized carbons (Fsp3) is 0.895. The third-order valence-corrected chi connectivity index (χ3v) is 14.6. The maximum absolute atomic E-state index is 12.8. The number of carbonyl (C=O) groups excluding carboxylic acids is 2. The number of rotatable bonds is 8. The first kappa shape index (κ1) is 38.6. The molecule has 4 aliphatic carbocycles. The number of methoxy groups -OCH3 is 1. The van der Waals surface area contributed by atoms with E-state index in [0.29, 0.717) is 24.7 Å². The fourth-order valence-corrected chi connectivity index (χ4v) is 11.9. The van der Waals surface area contributed by atoms with Gasteiger partial charge in [-0.1, -0.05) is 13.8 Å². The van der Waals surface area contributed by atoms with Gasteiger partial charge in [0.25, 0.3) is 0 Å². The Labute approximate surface area is 305 Å². The van der Waals surface area contributed by atoms with Crippen LogP contribution in [0.4, 0.5) is 0 Å². The van der Waals surface area contributed by atoms with Gasteiger partial charge in [0.1, 0.15) is 43.2 Å². The van der Waals surface area contributed by atoms with E-state index in [1.165, 1.54) is 13.0 Å². The summed E-state index contributed by atoms with van der Waals surface area (Å²) in [4.78, 5) is 24.4. The zero-order valence-electron chi connectivity index (χ0n) is 30.9. The summed E-state index contributed by atoms with van der Waals surface area (Å²) in [5, 5.41) is 53.3. The monoisotopic (exact) mass is 738 g/mol. The molecule has 7 aliphatic rings. The van der Waals surface area contributed by atoms with Gasteiger partial charge >= 0.3 is 11.9 Å². The molecule has 7 rings (SSSR count). The molecule has 294 valence electrons. The lowest BCUT2D eigenvalue weighted by molar-refractivity contribution is -0.345. The number of cyclic esters (lactones) is 1. The van der Waals surface area contributed by atoms with Crippen molar-refractivity contribution in [2.45, 2.75) is 159 Å². The minimum Gasteiger partial charge on any atom is -0.462 e. The van der Waals surface area contributed by atoms with Gasteiger partial charge in [-0.2, -0.15) is 0 Å². The van der Waals surface area contributed by atoms with Crippen molar-refractivity contribution in [2.75, 3.05) is 20.3 Å². The van der Waals surface area contributed by atoms with Crippen molar-refractivity contribution in [1.29, 1.82) is 0 Å². The first-order valence-electron chi connectivity index (χ1n) is 19.2. The summed E-state index contributed by atoms with van der Waals surface area (Å²) in [5.74, 6) is -0.323. The molecule has 0 aromatic rings. The van der Waals surface area contributed by atoms with Crippen LogP contribution in [-0.2, 0) is 42.7 Å². The minimum absolute atomic E-state index is 0.000668. The van der Waals surface area contributed by atoms with Crippen molar-refractivity contribution in [3.63, 3.8) is 0 Å². The molecule has 0 bridgehead atoms. The van der Waals surface area contributed by atoms with Gasteiger partial charge in [-0.25, -0.2) is 4.79 Å². The number of esters is 2. The smallest absolute Gasteiger partial charge is 0.331 e.